The maximum Gasteiger partial charge on any atom is 0.112 e. The molecule has 4 heteroatoms. The monoisotopic (exact) mass is 350 g/mol. The van der Waals surface area contributed by atoms with E-state index in [0.717, 1.165) is 38.8 Å². The molecule has 0 aromatic rings. The Morgan fingerprint density at radius 2 is 1.59 bits per heavy atom. The molecule has 0 aromatic heterocycles. The summed E-state index contributed by atoms with van der Waals surface area (Å²) in [5, 5.41) is 7.14. The quantitative estimate of drug-likeness (QED) is 0.476. The Balaban J connectivity index is 3.11. The van der Waals surface area contributed by atoms with Gasteiger partial charge in [0.2, 0.25) is 0 Å². The minimum absolute atomic E-state index is 0.0853. The van der Waals surface area contributed by atoms with Gasteiger partial charge in [-0.05, 0) is 56.0 Å². The lowest BCUT2D eigenvalue weighted by Crippen LogP contribution is -2.64. The van der Waals surface area contributed by atoms with E-state index in [1.165, 1.54) is 0 Å². The fraction of sp³-hybridized carbons (Fsp3) is 1.00. The van der Waals surface area contributed by atoms with Gasteiger partial charge in [-0.15, -0.1) is 23.2 Å². The van der Waals surface area contributed by atoms with Crippen molar-refractivity contribution in [3.8, 4) is 0 Å². The Kier molecular flexibility index (Phi) is 7.99. The maximum atomic E-state index is 7.07. The second kappa shape index (κ2) is 8.55. The van der Waals surface area contributed by atoms with Crippen molar-refractivity contribution < 1.29 is 0 Å². The molecule has 2 nitrogen and oxygen atoms in total. The standard InChI is InChI=1S/C18H36Cl2N2/c1-7-9-21-15-11-17(13(3)4,14(5)6)12-18(20,16(15)19)22-10-8-2/h13-16,21-22H,7-12H2,1-6H3. The first-order valence-electron chi connectivity index (χ1n) is 9.04. The van der Waals surface area contributed by atoms with Crippen LogP contribution in [0.5, 0.6) is 0 Å². The van der Waals surface area contributed by atoms with Gasteiger partial charge in [0.05, 0.1) is 5.38 Å². The molecule has 132 valence electrons. The van der Waals surface area contributed by atoms with Gasteiger partial charge in [0.25, 0.3) is 0 Å². The van der Waals surface area contributed by atoms with Crippen LogP contribution in [0.2, 0.25) is 0 Å². The minimum Gasteiger partial charge on any atom is -0.312 e. The number of halogens is 2. The van der Waals surface area contributed by atoms with Crippen LogP contribution in [0.4, 0.5) is 0 Å². The molecule has 0 radical (unpaired) electrons. The number of alkyl halides is 2. The molecule has 1 fully saturated rings. The van der Waals surface area contributed by atoms with E-state index < -0.39 is 5.00 Å². The van der Waals surface area contributed by atoms with Crippen LogP contribution < -0.4 is 10.6 Å². The first-order valence-corrected chi connectivity index (χ1v) is 9.86. The third kappa shape index (κ3) is 4.32. The van der Waals surface area contributed by atoms with Gasteiger partial charge in [-0.25, -0.2) is 0 Å². The largest absolute Gasteiger partial charge is 0.312 e. The summed E-state index contributed by atoms with van der Waals surface area (Å²) in [7, 11) is 0. The van der Waals surface area contributed by atoms with E-state index in [9.17, 15) is 0 Å². The van der Waals surface area contributed by atoms with Crippen LogP contribution in [0.25, 0.3) is 0 Å². The molecule has 2 N–H and O–H groups in total. The van der Waals surface area contributed by atoms with Gasteiger partial charge in [-0.3, -0.25) is 5.32 Å². The van der Waals surface area contributed by atoms with Crippen molar-refractivity contribution in [2.45, 2.75) is 83.6 Å². The maximum absolute atomic E-state index is 7.07. The van der Waals surface area contributed by atoms with E-state index in [-0.39, 0.29) is 16.8 Å². The lowest BCUT2D eigenvalue weighted by molar-refractivity contribution is 0.0157. The molecule has 22 heavy (non-hydrogen) atoms. The van der Waals surface area contributed by atoms with Crippen LogP contribution in [-0.2, 0) is 0 Å². The highest BCUT2D eigenvalue weighted by Gasteiger charge is 2.55. The fourth-order valence-electron chi connectivity index (χ4n) is 4.02. The molecule has 3 unspecified atom stereocenters. The highest BCUT2D eigenvalue weighted by Crippen LogP contribution is 2.53. The number of rotatable bonds is 8. The predicted octanol–water partition coefficient (Wildman–Crippen LogP) is 4.99. The second-order valence-corrected chi connectivity index (χ2v) is 8.82. The van der Waals surface area contributed by atoms with Crippen LogP contribution in [-0.4, -0.2) is 29.5 Å². The molecule has 3 atom stereocenters. The smallest absolute Gasteiger partial charge is 0.112 e. The van der Waals surface area contributed by atoms with Gasteiger partial charge in [0.1, 0.15) is 5.00 Å². The number of hydrogen-bond donors (Lipinski definition) is 2. The zero-order valence-corrected chi connectivity index (χ0v) is 16.8. The first-order chi connectivity index (χ1) is 10.2. The van der Waals surface area contributed by atoms with E-state index in [0.29, 0.717) is 11.8 Å². The lowest BCUT2D eigenvalue weighted by Gasteiger charge is -2.55. The third-order valence-corrected chi connectivity index (χ3v) is 6.89. The highest BCUT2D eigenvalue weighted by atomic mass is 35.5. The summed E-state index contributed by atoms with van der Waals surface area (Å²) in [6.07, 6.45) is 4.24. The molecule has 1 saturated carbocycles. The molecular weight excluding hydrogens is 315 g/mol. The Morgan fingerprint density at radius 1 is 1.05 bits per heavy atom. The van der Waals surface area contributed by atoms with E-state index in [1.54, 1.807) is 0 Å². The second-order valence-electron chi connectivity index (χ2n) is 7.68. The normalized spacial score (nSPS) is 31.9. The van der Waals surface area contributed by atoms with E-state index in [1.807, 2.05) is 0 Å². The summed E-state index contributed by atoms with van der Waals surface area (Å²) in [4.78, 5) is -0.518. The summed E-state index contributed by atoms with van der Waals surface area (Å²) in [5.74, 6) is 1.17. The Bertz CT molecular complexity index is 325. The van der Waals surface area contributed by atoms with E-state index >= 15 is 0 Å². The Hall–Kier alpha value is 0.500. The van der Waals surface area contributed by atoms with E-state index in [4.69, 9.17) is 23.2 Å². The minimum atomic E-state index is -0.518. The molecular formula is C18H36Cl2N2. The zero-order valence-electron chi connectivity index (χ0n) is 15.3. The fourth-order valence-corrected chi connectivity index (χ4v) is 4.85. The van der Waals surface area contributed by atoms with Crippen molar-refractivity contribution in [1.82, 2.24) is 10.6 Å². The van der Waals surface area contributed by atoms with Crippen molar-refractivity contribution in [1.29, 1.82) is 0 Å². The predicted molar refractivity (Wildman–Crippen MR) is 99.9 cm³/mol. The Morgan fingerprint density at radius 3 is 2.05 bits per heavy atom. The summed E-state index contributed by atoms with van der Waals surface area (Å²) in [6.45, 7) is 15.6. The molecule has 0 heterocycles. The molecule has 1 aliphatic rings. The third-order valence-electron chi connectivity index (χ3n) is 5.60. The summed E-state index contributed by atoms with van der Waals surface area (Å²) < 4.78 is 0. The molecule has 0 amide bonds. The molecule has 0 saturated heterocycles. The zero-order chi connectivity index (χ0) is 17.0. The van der Waals surface area contributed by atoms with Crippen LogP contribution >= 0.6 is 23.2 Å². The molecule has 0 aliphatic heterocycles. The SMILES string of the molecule is CCCNC1CC(C(C)C)(C(C)C)CC(Cl)(NCCC)C1Cl. The summed E-state index contributed by atoms with van der Waals surface area (Å²) in [6, 6.07) is 0.266. The summed E-state index contributed by atoms with van der Waals surface area (Å²) in [5.41, 5.74) is 0.222. The number of nitrogens with one attached hydrogen (secondary N) is 2. The molecule has 0 spiro atoms. The first kappa shape index (κ1) is 20.5. The van der Waals surface area contributed by atoms with Crippen molar-refractivity contribution >= 4 is 23.2 Å². The van der Waals surface area contributed by atoms with Crippen molar-refractivity contribution in [2.24, 2.45) is 17.3 Å². The van der Waals surface area contributed by atoms with Gasteiger partial charge in [-0.1, -0.05) is 41.5 Å². The molecule has 1 aliphatic carbocycles. The van der Waals surface area contributed by atoms with Gasteiger partial charge in [0.15, 0.2) is 0 Å². The lowest BCUT2D eigenvalue weighted by atomic mass is 9.58. The average molecular weight is 351 g/mol. The number of hydrogen-bond acceptors (Lipinski definition) is 2. The van der Waals surface area contributed by atoms with Crippen molar-refractivity contribution in [3.63, 3.8) is 0 Å². The van der Waals surface area contributed by atoms with Gasteiger partial charge in [-0.2, -0.15) is 0 Å². The molecule has 1 rings (SSSR count). The average Bonchev–Trinajstić information content (AvgIpc) is 2.46. The topological polar surface area (TPSA) is 24.1 Å². The van der Waals surface area contributed by atoms with Crippen LogP contribution in [0.1, 0.15) is 67.2 Å². The Labute approximate surface area is 148 Å². The van der Waals surface area contributed by atoms with Crippen molar-refractivity contribution in [2.75, 3.05) is 13.1 Å². The molecule has 0 aromatic carbocycles. The van der Waals surface area contributed by atoms with Gasteiger partial charge in [0, 0.05) is 6.04 Å². The van der Waals surface area contributed by atoms with Gasteiger partial charge >= 0.3 is 0 Å². The van der Waals surface area contributed by atoms with Gasteiger partial charge < -0.3 is 5.32 Å². The van der Waals surface area contributed by atoms with E-state index in [2.05, 4.69) is 52.2 Å². The van der Waals surface area contributed by atoms with Crippen LogP contribution in [0.15, 0.2) is 0 Å². The summed E-state index contributed by atoms with van der Waals surface area (Å²) >= 11 is 13.9. The van der Waals surface area contributed by atoms with Crippen LogP contribution in [0, 0.1) is 17.3 Å². The van der Waals surface area contributed by atoms with Crippen LogP contribution in [0.3, 0.4) is 0 Å². The highest BCUT2D eigenvalue weighted by molar-refractivity contribution is 6.32. The van der Waals surface area contributed by atoms with Crippen molar-refractivity contribution in [3.05, 3.63) is 0 Å². The molecule has 0 bridgehead atoms.